The van der Waals surface area contributed by atoms with Gasteiger partial charge in [-0.25, -0.2) is 4.39 Å². The quantitative estimate of drug-likeness (QED) is 0.691. The molecule has 1 aromatic rings. The van der Waals surface area contributed by atoms with Crippen LogP contribution in [0.4, 0.5) is 4.39 Å². The highest BCUT2D eigenvalue weighted by Crippen LogP contribution is 2.38. The summed E-state index contributed by atoms with van der Waals surface area (Å²) >= 11 is 0. The lowest BCUT2D eigenvalue weighted by atomic mass is 9.83. The van der Waals surface area contributed by atoms with Crippen molar-refractivity contribution >= 4 is 11.8 Å². The number of rotatable bonds is 8. The molecule has 6 nitrogen and oxygen atoms in total. The van der Waals surface area contributed by atoms with Gasteiger partial charge in [0.2, 0.25) is 11.8 Å². The van der Waals surface area contributed by atoms with E-state index < -0.39 is 17.8 Å². The van der Waals surface area contributed by atoms with E-state index in [2.05, 4.69) is 0 Å². The predicted octanol–water partition coefficient (Wildman–Crippen LogP) is 1.77. The Balaban J connectivity index is 2.34. The molecule has 1 saturated heterocycles. The van der Waals surface area contributed by atoms with E-state index in [1.54, 1.807) is 42.2 Å². The van der Waals surface area contributed by atoms with Gasteiger partial charge in [-0.05, 0) is 26.6 Å². The maximum atomic E-state index is 14.6. The van der Waals surface area contributed by atoms with Crippen LogP contribution in [0.15, 0.2) is 24.3 Å². The Labute approximate surface area is 160 Å². The van der Waals surface area contributed by atoms with Crippen LogP contribution in [0.5, 0.6) is 0 Å². The zero-order valence-electron chi connectivity index (χ0n) is 16.7. The van der Waals surface area contributed by atoms with Gasteiger partial charge in [0.1, 0.15) is 5.82 Å². The number of halogens is 1. The lowest BCUT2D eigenvalue weighted by Crippen LogP contribution is -2.50. The lowest BCUT2D eigenvalue weighted by molar-refractivity contribution is -0.148. The van der Waals surface area contributed by atoms with Crippen molar-refractivity contribution in [1.29, 1.82) is 0 Å². The first-order chi connectivity index (χ1) is 12.9. The summed E-state index contributed by atoms with van der Waals surface area (Å²) in [5.74, 6) is -0.989. The molecule has 0 N–H and O–H groups in total. The van der Waals surface area contributed by atoms with Gasteiger partial charge < -0.3 is 19.4 Å². The smallest absolute Gasteiger partial charge is 0.227 e. The van der Waals surface area contributed by atoms with Crippen LogP contribution in [-0.2, 0) is 14.3 Å². The fraction of sp³-hybridized carbons (Fsp3) is 0.600. The number of hydrogen-bond acceptors (Lipinski definition) is 4. The van der Waals surface area contributed by atoms with Gasteiger partial charge in [0.25, 0.3) is 0 Å². The number of nitrogens with zero attached hydrogens (tertiary/aromatic N) is 3. The van der Waals surface area contributed by atoms with Crippen molar-refractivity contribution in [2.45, 2.75) is 18.9 Å². The highest BCUT2D eigenvalue weighted by atomic mass is 19.1. The van der Waals surface area contributed by atoms with E-state index in [0.717, 1.165) is 6.54 Å². The monoisotopic (exact) mass is 379 g/mol. The summed E-state index contributed by atoms with van der Waals surface area (Å²) in [7, 11) is 7.23. The topological polar surface area (TPSA) is 53.1 Å². The SMILES string of the molecule is COCCN1C(=O)CC[C@@H](C(=O)N(C)CCN(C)C)[C@@H]1c1ccccc1F. The van der Waals surface area contributed by atoms with E-state index in [0.29, 0.717) is 31.7 Å². The van der Waals surface area contributed by atoms with Crippen molar-refractivity contribution in [3.63, 3.8) is 0 Å². The minimum Gasteiger partial charge on any atom is -0.383 e. The summed E-state index contributed by atoms with van der Waals surface area (Å²) in [6.45, 7) is 2.00. The molecule has 1 aromatic carbocycles. The number of likely N-dealkylation sites (tertiary alicyclic amines) is 1. The molecule has 27 heavy (non-hydrogen) atoms. The molecule has 1 aliphatic heterocycles. The molecular weight excluding hydrogens is 349 g/mol. The van der Waals surface area contributed by atoms with Crippen LogP contribution in [0.25, 0.3) is 0 Å². The van der Waals surface area contributed by atoms with Gasteiger partial charge in [0.05, 0.1) is 18.6 Å². The molecular formula is C20H30FN3O3. The Morgan fingerprint density at radius 3 is 2.59 bits per heavy atom. The molecule has 2 rings (SSSR count). The number of ether oxygens (including phenoxy) is 1. The van der Waals surface area contributed by atoms with E-state index >= 15 is 0 Å². The number of benzene rings is 1. The zero-order chi connectivity index (χ0) is 20.0. The van der Waals surface area contributed by atoms with Crippen LogP contribution >= 0.6 is 0 Å². The number of piperidine rings is 1. The zero-order valence-corrected chi connectivity index (χ0v) is 16.7. The number of likely N-dealkylation sites (N-methyl/N-ethyl adjacent to an activating group) is 2. The molecule has 0 unspecified atom stereocenters. The summed E-state index contributed by atoms with van der Waals surface area (Å²) in [6, 6.07) is 5.78. The first-order valence-corrected chi connectivity index (χ1v) is 9.29. The van der Waals surface area contributed by atoms with Gasteiger partial charge in [0.15, 0.2) is 0 Å². The molecule has 0 aliphatic carbocycles. The summed E-state index contributed by atoms with van der Waals surface area (Å²) in [5, 5.41) is 0. The molecule has 2 amide bonds. The number of carbonyl (C=O) groups is 2. The molecule has 0 bridgehead atoms. The lowest BCUT2D eigenvalue weighted by Gasteiger charge is -2.42. The maximum Gasteiger partial charge on any atom is 0.227 e. The third kappa shape index (κ3) is 5.26. The minimum atomic E-state index is -0.614. The molecule has 150 valence electrons. The van der Waals surface area contributed by atoms with Crippen molar-refractivity contribution in [2.75, 3.05) is 54.5 Å². The average Bonchev–Trinajstić information content (AvgIpc) is 2.65. The fourth-order valence-corrected chi connectivity index (χ4v) is 3.51. The third-order valence-corrected chi connectivity index (χ3v) is 5.04. The molecule has 1 fully saturated rings. The van der Waals surface area contributed by atoms with E-state index in [9.17, 15) is 14.0 Å². The molecule has 0 aromatic heterocycles. The Kier molecular flexibility index (Phi) is 7.74. The van der Waals surface area contributed by atoms with E-state index in [-0.39, 0.29) is 18.2 Å². The van der Waals surface area contributed by atoms with Crippen molar-refractivity contribution in [2.24, 2.45) is 5.92 Å². The van der Waals surface area contributed by atoms with Gasteiger partial charge in [0, 0.05) is 45.8 Å². The van der Waals surface area contributed by atoms with Crippen LogP contribution in [0.3, 0.4) is 0 Å². The third-order valence-electron chi connectivity index (χ3n) is 5.04. The second-order valence-electron chi connectivity index (χ2n) is 7.25. The predicted molar refractivity (Wildman–Crippen MR) is 102 cm³/mol. The number of methoxy groups -OCH3 is 1. The van der Waals surface area contributed by atoms with Crippen molar-refractivity contribution < 1.29 is 18.7 Å². The summed E-state index contributed by atoms with van der Waals surface area (Å²) in [4.78, 5) is 31.0. The molecule has 1 heterocycles. The van der Waals surface area contributed by atoms with E-state index in [1.165, 1.54) is 6.07 Å². The number of amides is 2. The van der Waals surface area contributed by atoms with Gasteiger partial charge in [-0.1, -0.05) is 18.2 Å². The van der Waals surface area contributed by atoms with Gasteiger partial charge in [-0.3, -0.25) is 9.59 Å². The van der Waals surface area contributed by atoms with E-state index in [4.69, 9.17) is 4.74 Å². The van der Waals surface area contributed by atoms with Crippen molar-refractivity contribution in [3.8, 4) is 0 Å². The largest absolute Gasteiger partial charge is 0.383 e. The van der Waals surface area contributed by atoms with Gasteiger partial charge in [-0.2, -0.15) is 0 Å². The highest BCUT2D eigenvalue weighted by Gasteiger charge is 2.42. The molecule has 0 radical (unpaired) electrons. The van der Waals surface area contributed by atoms with Gasteiger partial charge in [-0.15, -0.1) is 0 Å². The molecule has 0 spiro atoms. The highest BCUT2D eigenvalue weighted by molar-refractivity contribution is 5.85. The normalized spacial score (nSPS) is 20.2. The molecule has 2 atom stereocenters. The second kappa shape index (κ2) is 9.80. The van der Waals surface area contributed by atoms with Crippen LogP contribution in [0.1, 0.15) is 24.4 Å². The second-order valence-corrected chi connectivity index (χ2v) is 7.25. The standard InChI is InChI=1S/C20H30FN3O3/c1-22(2)11-12-23(3)20(26)16-9-10-18(25)24(13-14-27-4)19(16)15-7-5-6-8-17(15)21/h5-8,16,19H,9-14H2,1-4H3/t16-,19+/m1/s1. The molecule has 7 heteroatoms. The summed E-state index contributed by atoms with van der Waals surface area (Å²) < 4.78 is 19.7. The average molecular weight is 379 g/mol. The molecule has 0 saturated carbocycles. The van der Waals surface area contributed by atoms with Gasteiger partial charge >= 0.3 is 0 Å². The Morgan fingerprint density at radius 2 is 1.96 bits per heavy atom. The Morgan fingerprint density at radius 1 is 1.26 bits per heavy atom. The Bertz CT molecular complexity index is 653. The van der Waals surface area contributed by atoms with Crippen molar-refractivity contribution in [3.05, 3.63) is 35.6 Å². The van der Waals surface area contributed by atoms with Crippen LogP contribution < -0.4 is 0 Å². The summed E-state index contributed by atoms with van der Waals surface area (Å²) in [6.07, 6.45) is 0.707. The Hall–Kier alpha value is -1.99. The minimum absolute atomic E-state index is 0.0555. The first kappa shape index (κ1) is 21.3. The number of hydrogen-bond donors (Lipinski definition) is 0. The fourth-order valence-electron chi connectivity index (χ4n) is 3.51. The van der Waals surface area contributed by atoms with Crippen molar-refractivity contribution in [1.82, 2.24) is 14.7 Å². The van der Waals surface area contributed by atoms with Crippen LogP contribution in [0, 0.1) is 11.7 Å². The molecule has 1 aliphatic rings. The van der Waals surface area contributed by atoms with E-state index in [1.807, 2.05) is 19.0 Å². The van der Waals surface area contributed by atoms with Crippen LogP contribution in [0.2, 0.25) is 0 Å². The number of carbonyl (C=O) groups excluding carboxylic acids is 2. The maximum absolute atomic E-state index is 14.6. The first-order valence-electron chi connectivity index (χ1n) is 9.29. The van der Waals surface area contributed by atoms with Crippen LogP contribution in [-0.4, -0.2) is 81.0 Å². The summed E-state index contributed by atoms with van der Waals surface area (Å²) in [5.41, 5.74) is 0.390.